The van der Waals surface area contributed by atoms with Gasteiger partial charge in [0.2, 0.25) is 5.95 Å². The lowest BCUT2D eigenvalue weighted by atomic mass is 9.91. The van der Waals surface area contributed by atoms with E-state index in [-0.39, 0.29) is 17.3 Å². The van der Waals surface area contributed by atoms with Crippen LogP contribution in [-0.4, -0.2) is 25.6 Å². The summed E-state index contributed by atoms with van der Waals surface area (Å²) in [5, 5.41) is 16.6. The Balaban J connectivity index is 1.67. The molecule has 9 heteroatoms. The molecule has 0 aliphatic carbocycles. The van der Waals surface area contributed by atoms with Gasteiger partial charge in [0.15, 0.2) is 0 Å². The molecule has 0 radical (unpaired) electrons. The fourth-order valence-corrected chi connectivity index (χ4v) is 4.42. The van der Waals surface area contributed by atoms with E-state index in [1.54, 1.807) is 22.9 Å². The van der Waals surface area contributed by atoms with Crippen molar-refractivity contribution in [2.24, 2.45) is 0 Å². The van der Waals surface area contributed by atoms with Crippen LogP contribution in [0, 0.1) is 10.1 Å². The minimum atomic E-state index is -0.550. The van der Waals surface area contributed by atoms with E-state index in [1.165, 1.54) is 29.4 Å². The van der Waals surface area contributed by atoms with E-state index in [9.17, 15) is 14.9 Å². The van der Waals surface area contributed by atoms with Gasteiger partial charge in [0.1, 0.15) is 11.9 Å². The zero-order valence-electron chi connectivity index (χ0n) is 17.3. The lowest BCUT2D eigenvalue weighted by molar-refractivity contribution is -0.385. The molecule has 0 N–H and O–H groups in total. The van der Waals surface area contributed by atoms with Crippen LogP contribution in [0.4, 0.5) is 11.6 Å². The lowest BCUT2D eigenvalue weighted by Crippen LogP contribution is -2.42. The topological polar surface area (TPSA) is 94.2 Å². The first-order valence-corrected chi connectivity index (χ1v) is 10.7. The van der Waals surface area contributed by atoms with Crippen molar-refractivity contribution in [1.82, 2.24) is 14.8 Å². The minimum Gasteiger partial charge on any atom is -0.269 e. The highest BCUT2D eigenvalue weighted by Crippen LogP contribution is 2.43. The van der Waals surface area contributed by atoms with Gasteiger partial charge >= 0.3 is 0 Å². The molecular formula is C24H18ClN5O3. The number of fused-ring (bicyclic) bond motifs is 1. The zero-order valence-corrected chi connectivity index (χ0v) is 18.0. The van der Waals surface area contributed by atoms with Crippen LogP contribution in [0.1, 0.15) is 40.0 Å². The number of nitro groups is 1. The summed E-state index contributed by atoms with van der Waals surface area (Å²) in [4.78, 5) is 30.7. The summed E-state index contributed by atoms with van der Waals surface area (Å²) in [6.45, 7) is 0. The Morgan fingerprint density at radius 2 is 1.61 bits per heavy atom. The Labute approximate surface area is 194 Å². The van der Waals surface area contributed by atoms with Crippen molar-refractivity contribution in [2.75, 3.05) is 4.90 Å². The Hall–Kier alpha value is -4.04. The van der Waals surface area contributed by atoms with Gasteiger partial charge < -0.3 is 0 Å². The normalized spacial score (nSPS) is 17.4. The van der Waals surface area contributed by atoms with Crippen molar-refractivity contribution in [2.45, 2.75) is 18.5 Å². The van der Waals surface area contributed by atoms with Gasteiger partial charge in [-0.05, 0) is 35.7 Å². The van der Waals surface area contributed by atoms with E-state index >= 15 is 0 Å². The molecule has 0 unspecified atom stereocenters. The second-order valence-corrected chi connectivity index (χ2v) is 8.12. The quantitative estimate of drug-likeness (QED) is 0.308. The van der Waals surface area contributed by atoms with Crippen LogP contribution in [-0.2, 0) is 0 Å². The zero-order chi connectivity index (χ0) is 22.9. The number of anilines is 1. The third kappa shape index (κ3) is 3.74. The molecule has 1 amide bonds. The number of amides is 1. The number of hydrogen-bond donors (Lipinski definition) is 0. The number of nitro benzene ring substituents is 1. The van der Waals surface area contributed by atoms with Gasteiger partial charge in [0, 0.05) is 11.1 Å². The average molecular weight is 460 g/mol. The molecule has 0 saturated carbocycles. The van der Waals surface area contributed by atoms with Crippen molar-refractivity contribution >= 4 is 29.1 Å². The summed E-state index contributed by atoms with van der Waals surface area (Å²) in [6, 6.07) is 22.4. The molecule has 1 aromatic heterocycles. The molecule has 164 valence electrons. The molecular weight excluding hydrogens is 442 g/mol. The number of hydrogen-bond acceptors (Lipinski definition) is 5. The number of para-hydroxylation sites is 1. The Morgan fingerprint density at radius 3 is 2.33 bits per heavy atom. The van der Waals surface area contributed by atoms with Crippen LogP contribution in [0.5, 0.6) is 0 Å². The maximum absolute atomic E-state index is 13.8. The third-order valence-electron chi connectivity index (χ3n) is 5.81. The van der Waals surface area contributed by atoms with Gasteiger partial charge in [-0.1, -0.05) is 66.2 Å². The van der Waals surface area contributed by atoms with Gasteiger partial charge in [0.05, 0.1) is 17.0 Å². The van der Waals surface area contributed by atoms with E-state index in [0.717, 1.165) is 11.1 Å². The molecule has 0 bridgehead atoms. The van der Waals surface area contributed by atoms with Gasteiger partial charge in [-0.25, -0.2) is 4.68 Å². The number of halogens is 1. The summed E-state index contributed by atoms with van der Waals surface area (Å²) in [5.41, 5.74) is 1.62. The van der Waals surface area contributed by atoms with Gasteiger partial charge in [-0.3, -0.25) is 19.8 Å². The van der Waals surface area contributed by atoms with Crippen LogP contribution in [0.3, 0.4) is 0 Å². The van der Waals surface area contributed by atoms with E-state index in [1.807, 2.05) is 42.5 Å². The number of carbonyl (C=O) groups excluding carboxylic acids is 1. The summed E-state index contributed by atoms with van der Waals surface area (Å²) >= 11 is 6.11. The SMILES string of the molecule is O=C(c1ccccc1[N+](=O)[O-])N1c2ncnn2[C@H](c2ccccc2)C[C@@H]1c1ccc(Cl)cc1. The summed E-state index contributed by atoms with van der Waals surface area (Å²) in [6.07, 6.45) is 1.91. The first-order chi connectivity index (χ1) is 16.0. The van der Waals surface area contributed by atoms with E-state index in [4.69, 9.17) is 11.6 Å². The molecule has 33 heavy (non-hydrogen) atoms. The molecule has 2 atom stereocenters. The van der Waals surface area contributed by atoms with Crippen LogP contribution in [0.15, 0.2) is 85.2 Å². The predicted octanol–water partition coefficient (Wildman–Crippen LogP) is 5.22. The minimum absolute atomic E-state index is 0.00539. The molecule has 0 saturated heterocycles. The molecule has 0 spiro atoms. The van der Waals surface area contributed by atoms with Crippen LogP contribution in [0.25, 0.3) is 0 Å². The first kappa shape index (κ1) is 20.8. The number of rotatable bonds is 4. The van der Waals surface area contributed by atoms with Gasteiger partial charge in [0.25, 0.3) is 11.6 Å². The molecule has 3 aromatic carbocycles. The second kappa shape index (κ2) is 8.48. The van der Waals surface area contributed by atoms with Gasteiger partial charge in [-0.15, -0.1) is 0 Å². The third-order valence-corrected chi connectivity index (χ3v) is 6.06. The molecule has 2 heterocycles. The summed E-state index contributed by atoms with van der Waals surface area (Å²) < 4.78 is 1.70. The summed E-state index contributed by atoms with van der Waals surface area (Å²) in [5.74, 6) is -0.179. The van der Waals surface area contributed by atoms with E-state index in [2.05, 4.69) is 10.1 Å². The Kier molecular flexibility index (Phi) is 5.35. The number of benzene rings is 3. The lowest BCUT2D eigenvalue weighted by Gasteiger charge is -2.39. The van der Waals surface area contributed by atoms with Crippen molar-refractivity contribution in [3.05, 3.63) is 117 Å². The standard InChI is InChI=1S/C24H18ClN5O3/c25-18-12-10-17(11-13-18)21-14-22(16-6-2-1-3-7-16)29-24(26-15-27-29)28(21)23(31)19-8-4-5-9-20(19)30(32)33/h1-13,15,21-22H,14H2/t21-,22+/m1/s1. The Bertz CT molecular complexity index is 1320. The monoisotopic (exact) mass is 459 g/mol. The first-order valence-electron chi connectivity index (χ1n) is 10.3. The highest BCUT2D eigenvalue weighted by Gasteiger charge is 2.41. The van der Waals surface area contributed by atoms with Crippen molar-refractivity contribution in [3.63, 3.8) is 0 Å². The number of aromatic nitrogens is 3. The van der Waals surface area contributed by atoms with E-state index < -0.39 is 16.9 Å². The van der Waals surface area contributed by atoms with Gasteiger partial charge in [-0.2, -0.15) is 10.1 Å². The second-order valence-electron chi connectivity index (χ2n) is 7.68. The highest BCUT2D eigenvalue weighted by atomic mass is 35.5. The summed E-state index contributed by atoms with van der Waals surface area (Å²) in [7, 11) is 0. The van der Waals surface area contributed by atoms with Crippen molar-refractivity contribution < 1.29 is 9.72 Å². The van der Waals surface area contributed by atoms with Crippen LogP contribution >= 0.6 is 11.6 Å². The number of carbonyl (C=O) groups is 1. The smallest absolute Gasteiger partial charge is 0.269 e. The largest absolute Gasteiger partial charge is 0.282 e. The van der Waals surface area contributed by atoms with Crippen molar-refractivity contribution in [3.8, 4) is 0 Å². The number of nitrogens with zero attached hydrogens (tertiary/aromatic N) is 5. The fourth-order valence-electron chi connectivity index (χ4n) is 4.29. The van der Waals surface area contributed by atoms with Crippen molar-refractivity contribution in [1.29, 1.82) is 0 Å². The molecule has 8 nitrogen and oxygen atoms in total. The van der Waals surface area contributed by atoms with Crippen LogP contribution in [0.2, 0.25) is 5.02 Å². The molecule has 1 aliphatic heterocycles. The molecule has 1 aliphatic rings. The maximum atomic E-state index is 13.8. The highest BCUT2D eigenvalue weighted by molar-refractivity contribution is 6.30. The average Bonchev–Trinajstić information content (AvgIpc) is 3.33. The fraction of sp³-hybridized carbons (Fsp3) is 0.125. The maximum Gasteiger partial charge on any atom is 0.282 e. The van der Waals surface area contributed by atoms with E-state index in [0.29, 0.717) is 17.4 Å². The predicted molar refractivity (Wildman–Crippen MR) is 123 cm³/mol. The van der Waals surface area contributed by atoms with Crippen LogP contribution < -0.4 is 4.90 Å². The molecule has 4 aromatic rings. The Morgan fingerprint density at radius 1 is 0.939 bits per heavy atom. The molecule has 0 fully saturated rings. The molecule has 5 rings (SSSR count).